The van der Waals surface area contributed by atoms with Crippen LogP contribution in [-0.4, -0.2) is 33.9 Å². The number of amides is 1. The van der Waals surface area contributed by atoms with Crippen LogP contribution in [0.15, 0.2) is 85.3 Å². The van der Waals surface area contributed by atoms with Crippen molar-refractivity contribution < 1.29 is 4.79 Å². The van der Waals surface area contributed by atoms with Crippen LogP contribution in [-0.2, 0) is 13.1 Å². The maximum absolute atomic E-state index is 13.3. The number of nitrogens with zero attached hydrogens (tertiary/aromatic N) is 3. The summed E-state index contributed by atoms with van der Waals surface area (Å²) < 4.78 is 0. The predicted molar refractivity (Wildman–Crippen MR) is 142 cm³/mol. The molecule has 1 aromatic heterocycles. The molecule has 176 valence electrons. The van der Waals surface area contributed by atoms with Crippen molar-refractivity contribution in [2.24, 2.45) is 0 Å². The molecule has 0 fully saturated rings. The largest absolute Gasteiger partial charge is 0.364 e. The van der Waals surface area contributed by atoms with E-state index < -0.39 is 0 Å². The molecular formula is C26H25Cl3N4O. The molecule has 0 saturated carbocycles. The van der Waals surface area contributed by atoms with Gasteiger partial charge >= 0.3 is 0 Å². The van der Waals surface area contributed by atoms with Gasteiger partial charge in [-0.05, 0) is 47.0 Å². The molecule has 0 saturated heterocycles. The summed E-state index contributed by atoms with van der Waals surface area (Å²) >= 11 is 6.14. The van der Waals surface area contributed by atoms with E-state index in [0.29, 0.717) is 30.2 Å². The molecule has 3 aromatic carbocycles. The van der Waals surface area contributed by atoms with E-state index in [1.807, 2.05) is 41.4 Å². The number of aromatic nitrogens is 2. The van der Waals surface area contributed by atoms with Crippen LogP contribution in [0, 0.1) is 0 Å². The summed E-state index contributed by atoms with van der Waals surface area (Å²) in [5.74, 6) is -0.00745. The van der Waals surface area contributed by atoms with Crippen LogP contribution >= 0.6 is 36.4 Å². The Morgan fingerprint density at radius 2 is 1.76 bits per heavy atom. The number of nitrogens with one attached hydrogen (secondary N) is 1. The molecule has 0 atom stereocenters. The Bertz CT molecular complexity index is 1230. The first kappa shape index (κ1) is 25.6. The van der Waals surface area contributed by atoms with E-state index in [9.17, 15) is 4.79 Å². The highest BCUT2D eigenvalue weighted by atomic mass is 35.5. The van der Waals surface area contributed by atoms with Crippen LogP contribution in [0.25, 0.3) is 11.1 Å². The second-order valence-electron chi connectivity index (χ2n) is 7.94. The van der Waals surface area contributed by atoms with Crippen LogP contribution in [0.5, 0.6) is 0 Å². The molecule has 1 aliphatic heterocycles. The van der Waals surface area contributed by atoms with Gasteiger partial charge in [-0.15, -0.1) is 24.8 Å². The highest BCUT2D eigenvalue weighted by molar-refractivity contribution is 6.30. The number of carbonyl (C=O) groups is 1. The van der Waals surface area contributed by atoms with Gasteiger partial charge in [-0.1, -0.05) is 54.1 Å². The highest BCUT2D eigenvalue weighted by Gasteiger charge is 2.25. The lowest BCUT2D eigenvalue weighted by Crippen LogP contribution is -2.35. The van der Waals surface area contributed by atoms with Crippen LogP contribution in [0.3, 0.4) is 0 Å². The van der Waals surface area contributed by atoms with Crippen molar-refractivity contribution >= 4 is 48.0 Å². The second-order valence-corrected chi connectivity index (χ2v) is 8.38. The van der Waals surface area contributed by atoms with Gasteiger partial charge in [0.15, 0.2) is 0 Å². The zero-order valence-corrected chi connectivity index (χ0v) is 20.7. The van der Waals surface area contributed by atoms with Gasteiger partial charge in [0.25, 0.3) is 5.91 Å². The first-order valence-electron chi connectivity index (χ1n) is 10.6. The summed E-state index contributed by atoms with van der Waals surface area (Å²) in [6.07, 6.45) is 3.54. The number of anilines is 1. The van der Waals surface area contributed by atoms with Gasteiger partial charge in [-0.25, -0.2) is 4.98 Å². The molecule has 0 unspecified atom stereocenters. The van der Waals surface area contributed by atoms with Gasteiger partial charge in [-0.2, -0.15) is 0 Å². The van der Waals surface area contributed by atoms with E-state index in [2.05, 4.69) is 45.2 Å². The first-order valence-corrected chi connectivity index (χ1v) is 11.0. The summed E-state index contributed by atoms with van der Waals surface area (Å²) in [4.78, 5) is 24.9. The maximum atomic E-state index is 13.3. The van der Waals surface area contributed by atoms with E-state index in [0.717, 1.165) is 34.6 Å². The predicted octanol–water partition coefficient (Wildman–Crippen LogP) is 6.24. The number of rotatable bonds is 4. The Morgan fingerprint density at radius 1 is 0.941 bits per heavy atom. The molecule has 4 aromatic rings. The smallest absolute Gasteiger partial charge is 0.254 e. The normalized spacial score (nSPS) is 12.7. The molecule has 2 heterocycles. The quantitative estimate of drug-likeness (QED) is 0.350. The minimum Gasteiger partial charge on any atom is -0.364 e. The molecule has 0 radical (unpaired) electrons. The third kappa shape index (κ3) is 5.55. The Labute approximate surface area is 216 Å². The van der Waals surface area contributed by atoms with E-state index >= 15 is 0 Å². The fourth-order valence-electron chi connectivity index (χ4n) is 4.20. The summed E-state index contributed by atoms with van der Waals surface area (Å²) in [5.41, 5.74) is 6.22. The van der Waals surface area contributed by atoms with Crippen molar-refractivity contribution in [3.8, 4) is 11.1 Å². The highest BCUT2D eigenvalue weighted by Crippen LogP contribution is 2.32. The molecule has 1 amide bonds. The standard InChI is InChI=1S/C26H23ClN4O.2ClH/c27-23-8-4-7-21(14-23)26(32)31-12-11-30(17-24-15-28-18-29-24)25-10-9-20(13-22(25)16-31)19-5-2-1-3-6-19;;/h1-10,13-15,18H,11-12,16-17H2,(H,28,29);2*1H. The van der Waals surface area contributed by atoms with E-state index in [4.69, 9.17) is 11.6 Å². The number of carbonyl (C=O) groups excluding carboxylic acids is 1. The Hall–Kier alpha value is -2.99. The van der Waals surface area contributed by atoms with Gasteiger partial charge in [-0.3, -0.25) is 4.79 Å². The van der Waals surface area contributed by atoms with Crippen LogP contribution < -0.4 is 4.90 Å². The van der Waals surface area contributed by atoms with Crippen molar-refractivity contribution in [2.75, 3.05) is 18.0 Å². The number of benzene rings is 3. The molecular weight excluding hydrogens is 491 g/mol. The summed E-state index contributed by atoms with van der Waals surface area (Å²) in [5, 5.41) is 0.568. The molecule has 34 heavy (non-hydrogen) atoms. The summed E-state index contributed by atoms with van der Waals surface area (Å²) in [7, 11) is 0. The average molecular weight is 516 g/mol. The molecule has 1 N–H and O–H groups in total. The third-order valence-electron chi connectivity index (χ3n) is 5.80. The Balaban J connectivity index is 0.00000162. The van der Waals surface area contributed by atoms with Crippen LogP contribution in [0.2, 0.25) is 5.02 Å². The molecule has 0 spiro atoms. The average Bonchev–Trinajstić information content (AvgIpc) is 3.27. The van der Waals surface area contributed by atoms with Gasteiger partial charge < -0.3 is 14.8 Å². The van der Waals surface area contributed by atoms with Crippen LogP contribution in [0.4, 0.5) is 5.69 Å². The fraction of sp³-hybridized carbons (Fsp3) is 0.154. The van der Waals surface area contributed by atoms with Gasteiger partial charge in [0.2, 0.25) is 0 Å². The lowest BCUT2D eigenvalue weighted by atomic mass is 10.0. The Morgan fingerprint density at radius 3 is 2.50 bits per heavy atom. The van der Waals surface area contributed by atoms with Gasteiger partial charge in [0.05, 0.1) is 18.6 Å². The lowest BCUT2D eigenvalue weighted by molar-refractivity contribution is 0.0751. The zero-order valence-electron chi connectivity index (χ0n) is 18.4. The van der Waals surface area contributed by atoms with Crippen molar-refractivity contribution in [3.05, 3.63) is 107 Å². The molecule has 5 nitrogen and oxygen atoms in total. The number of imidazole rings is 1. The van der Waals surface area contributed by atoms with Crippen LogP contribution in [0.1, 0.15) is 21.6 Å². The molecule has 8 heteroatoms. The zero-order chi connectivity index (χ0) is 21.9. The van der Waals surface area contributed by atoms with Crippen molar-refractivity contribution in [1.82, 2.24) is 14.9 Å². The number of hydrogen-bond acceptors (Lipinski definition) is 3. The lowest BCUT2D eigenvalue weighted by Gasteiger charge is -2.24. The summed E-state index contributed by atoms with van der Waals surface area (Å²) in [6, 6.07) is 24.0. The molecule has 1 aliphatic rings. The number of fused-ring (bicyclic) bond motifs is 1. The van der Waals surface area contributed by atoms with E-state index in [1.54, 1.807) is 18.5 Å². The van der Waals surface area contributed by atoms with Crippen molar-refractivity contribution in [1.29, 1.82) is 0 Å². The molecule has 0 bridgehead atoms. The minimum atomic E-state index is -0.00745. The topological polar surface area (TPSA) is 52.2 Å². The maximum Gasteiger partial charge on any atom is 0.254 e. The van der Waals surface area contributed by atoms with Gasteiger partial charge in [0.1, 0.15) is 0 Å². The minimum absolute atomic E-state index is 0. The SMILES string of the molecule is Cl.Cl.O=C(c1cccc(Cl)c1)N1CCN(Cc2cnc[nH]2)c2ccc(-c3ccccc3)cc2C1. The summed E-state index contributed by atoms with van der Waals surface area (Å²) in [6.45, 7) is 2.59. The second kappa shape index (κ2) is 11.4. The number of halogens is 3. The number of aromatic amines is 1. The van der Waals surface area contributed by atoms with E-state index in [-0.39, 0.29) is 30.7 Å². The number of H-pyrrole nitrogens is 1. The monoisotopic (exact) mass is 514 g/mol. The molecule has 0 aliphatic carbocycles. The fourth-order valence-corrected chi connectivity index (χ4v) is 4.39. The van der Waals surface area contributed by atoms with Crippen molar-refractivity contribution in [2.45, 2.75) is 13.1 Å². The number of hydrogen-bond donors (Lipinski definition) is 1. The van der Waals surface area contributed by atoms with Crippen molar-refractivity contribution in [3.63, 3.8) is 0 Å². The van der Waals surface area contributed by atoms with Gasteiger partial charge in [0, 0.05) is 42.1 Å². The Kier molecular flexibility index (Phi) is 8.61. The molecule has 5 rings (SSSR count). The first-order chi connectivity index (χ1) is 15.7. The third-order valence-corrected chi connectivity index (χ3v) is 6.04. The van der Waals surface area contributed by atoms with E-state index in [1.165, 1.54) is 0 Å².